The van der Waals surface area contributed by atoms with Crippen LogP contribution in [-0.2, 0) is 0 Å². The SMILES string of the molecule is Cc1cc(C)c2nc(/C(C#N)=C/c3cc4ccc(C)c(C)c4nc3Cl)[nH]c(=O)c2c1. The molecule has 0 aliphatic carbocycles. The van der Waals surface area contributed by atoms with Gasteiger partial charge in [-0.15, -0.1) is 0 Å². The molecule has 0 amide bonds. The average Bonchev–Trinajstić information content (AvgIpc) is 2.70. The number of nitrogens with zero attached hydrogens (tertiary/aromatic N) is 3. The minimum Gasteiger partial charge on any atom is -0.305 e. The second-order valence-electron chi connectivity index (χ2n) is 7.51. The number of fused-ring (bicyclic) bond motifs is 2. The minimum absolute atomic E-state index is 0.207. The summed E-state index contributed by atoms with van der Waals surface area (Å²) in [5, 5.41) is 11.5. The van der Waals surface area contributed by atoms with E-state index >= 15 is 0 Å². The van der Waals surface area contributed by atoms with Crippen LogP contribution in [0.4, 0.5) is 0 Å². The van der Waals surface area contributed by atoms with Gasteiger partial charge in [0.2, 0.25) is 0 Å². The molecule has 2 aromatic carbocycles. The number of allylic oxidation sites excluding steroid dienone is 1. The number of benzene rings is 2. The van der Waals surface area contributed by atoms with Crippen molar-refractivity contribution in [1.29, 1.82) is 5.26 Å². The van der Waals surface area contributed by atoms with E-state index in [0.29, 0.717) is 21.6 Å². The Labute approximate surface area is 178 Å². The van der Waals surface area contributed by atoms with Gasteiger partial charge in [0.25, 0.3) is 5.56 Å². The van der Waals surface area contributed by atoms with E-state index in [9.17, 15) is 10.1 Å². The number of halogens is 1. The molecule has 1 N–H and O–H groups in total. The number of aryl methyl sites for hydroxylation is 4. The number of hydrogen-bond donors (Lipinski definition) is 1. The summed E-state index contributed by atoms with van der Waals surface area (Å²) in [7, 11) is 0. The van der Waals surface area contributed by atoms with E-state index in [1.54, 1.807) is 12.1 Å². The highest BCUT2D eigenvalue weighted by Crippen LogP contribution is 2.27. The summed E-state index contributed by atoms with van der Waals surface area (Å²) in [4.78, 5) is 24.4. The molecular weight excluding hydrogens is 396 g/mol. The van der Waals surface area contributed by atoms with Gasteiger partial charge in [0.05, 0.1) is 22.0 Å². The monoisotopic (exact) mass is 414 g/mol. The summed E-state index contributed by atoms with van der Waals surface area (Å²) in [6.45, 7) is 7.86. The molecule has 0 aliphatic rings. The second-order valence-corrected chi connectivity index (χ2v) is 7.87. The zero-order valence-electron chi connectivity index (χ0n) is 17.1. The lowest BCUT2D eigenvalue weighted by molar-refractivity contribution is 1.12. The number of hydrogen-bond acceptors (Lipinski definition) is 4. The Morgan fingerprint density at radius 1 is 1.07 bits per heavy atom. The van der Waals surface area contributed by atoms with E-state index in [0.717, 1.165) is 33.2 Å². The van der Waals surface area contributed by atoms with E-state index in [2.05, 4.69) is 21.0 Å². The van der Waals surface area contributed by atoms with Crippen LogP contribution in [0, 0.1) is 39.0 Å². The summed E-state index contributed by atoms with van der Waals surface area (Å²) in [5.41, 5.74) is 5.99. The Morgan fingerprint density at radius 2 is 1.83 bits per heavy atom. The molecule has 0 spiro atoms. The van der Waals surface area contributed by atoms with Gasteiger partial charge < -0.3 is 4.98 Å². The van der Waals surface area contributed by atoms with Crippen molar-refractivity contribution in [1.82, 2.24) is 15.0 Å². The Kier molecular flexibility index (Phi) is 4.89. The van der Waals surface area contributed by atoms with Crippen LogP contribution in [0.2, 0.25) is 5.15 Å². The molecule has 0 saturated heterocycles. The average molecular weight is 415 g/mol. The summed E-state index contributed by atoms with van der Waals surface area (Å²) >= 11 is 6.43. The Hall–Kier alpha value is -3.49. The van der Waals surface area contributed by atoms with E-state index in [4.69, 9.17) is 11.6 Å². The Morgan fingerprint density at radius 3 is 2.57 bits per heavy atom. The van der Waals surface area contributed by atoms with Crippen LogP contribution >= 0.6 is 11.6 Å². The quantitative estimate of drug-likeness (QED) is 0.350. The molecule has 6 heteroatoms. The van der Waals surface area contributed by atoms with Crippen LogP contribution in [-0.4, -0.2) is 15.0 Å². The van der Waals surface area contributed by atoms with Gasteiger partial charge in [-0.3, -0.25) is 4.79 Å². The van der Waals surface area contributed by atoms with Gasteiger partial charge in [0, 0.05) is 10.9 Å². The number of pyridine rings is 1. The molecule has 2 aromatic heterocycles. The fourth-order valence-corrected chi connectivity index (χ4v) is 3.80. The van der Waals surface area contributed by atoms with Crippen molar-refractivity contribution in [2.24, 2.45) is 0 Å². The molecule has 0 radical (unpaired) electrons. The normalized spacial score (nSPS) is 11.8. The highest BCUT2D eigenvalue weighted by atomic mass is 35.5. The molecule has 30 heavy (non-hydrogen) atoms. The molecule has 0 unspecified atom stereocenters. The zero-order chi connectivity index (χ0) is 21.6. The molecule has 0 fully saturated rings. The van der Waals surface area contributed by atoms with Crippen LogP contribution in [0.5, 0.6) is 0 Å². The largest absolute Gasteiger partial charge is 0.305 e. The first-order valence-electron chi connectivity index (χ1n) is 9.48. The number of aromatic nitrogens is 3. The topological polar surface area (TPSA) is 82.4 Å². The molecule has 4 aromatic rings. The van der Waals surface area contributed by atoms with E-state index in [1.165, 1.54) is 0 Å². The maximum atomic E-state index is 12.6. The first-order valence-corrected chi connectivity index (χ1v) is 9.86. The Bertz CT molecular complexity index is 1480. The number of H-pyrrole nitrogens is 1. The predicted molar refractivity (Wildman–Crippen MR) is 122 cm³/mol. The third kappa shape index (κ3) is 3.36. The summed E-state index contributed by atoms with van der Waals surface area (Å²) in [6.07, 6.45) is 1.61. The molecular formula is C24H19ClN4O. The lowest BCUT2D eigenvalue weighted by Gasteiger charge is -2.08. The number of aromatic amines is 1. The van der Waals surface area contributed by atoms with Crippen molar-refractivity contribution in [2.75, 3.05) is 0 Å². The van der Waals surface area contributed by atoms with Crippen LogP contribution in [0.15, 0.2) is 35.1 Å². The first-order chi connectivity index (χ1) is 14.3. The van der Waals surface area contributed by atoms with Crippen molar-refractivity contribution in [3.63, 3.8) is 0 Å². The van der Waals surface area contributed by atoms with Crippen molar-refractivity contribution in [2.45, 2.75) is 27.7 Å². The van der Waals surface area contributed by atoms with E-state index in [1.807, 2.05) is 52.0 Å². The molecule has 0 aliphatic heterocycles. The molecule has 5 nitrogen and oxygen atoms in total. The lowest BCUT2D eigenvalue weighted by Crippen LogP contribution is -2.12. The van der Waals surface area contributed by atoms with Crippen LogP contribution in [0.25, 0.3) is 33.5 Å². The van der Waals surface area contributed by atoms with Gasteiger partial charge in [0.1, 0.15) is 11.2 Å². The molecule has 0 atom stereocenters. The van der Waals surface area contributed by atoms with Crippen LogP contribution < -0.4 is 5.56 Å². The van der Waals surface area contributed by atoms with Gasteiger partial charge in [-0.25, -0.2) is 9.97 Å². The fraction of sp³-hybridized carbons (Fsp3) is 0.167. The van der Waals surface area contributed by atoms with Crippen molar-refractivity contribution < 1.29 is 0 Å². The minimum atomic E-state index is -0.281. The molecule has 148 valence electrons. The van der Waals surface area contributed by atoms with Gasteiger partial charge in [-0.2, -0.15) is 5.26 Å². The zero-order valence-corrected chi connectivity index (χ0v) is 17.8. The number of nitriles is 1. The summed E-state index contributed by atoms with van der Waals surface area (Å²) in [5.74, 6) is 0.207. The van der Waals surface area contributed by atoms with Gasteiger partial charge in [-0.05, 0) is 68.2 Å². The predicted octanol–water partition coefficient (Wildman–Crippen LogP) is 5.42. The van der Waals surface area contributed by atoms with Gasteiger partial charge in [0.15, 0.2) is 5.82 Å². The third-order valence-electron chi connectivity index (χ3n) is 5.31. The third-order valence-corrected chi connectivity index (χ3v) is 5.62. The van der Waals surface area contributed by atoms with Crippen LogP contribution in [0.1, 0.15) is 33.6 Å². The standard InChI is InChI=1S/C24H19ClN4O/c1-12-7-14(3)20-19(8-12)24(30)29-23(28-20)18(11-26)10-17-9-16-6-5-13(2)15(4)21(16)27-22(17)25/h5-10H,1-4H3,(H,28,29,30)/b18-10+. The van der Waals surface area contributed by atoms with Crippen molar-refractivity contribution >= 4 is 45.1 Å². The number of nitrogens with one attached hydrogen (secondary N) is 1. The lowest BCUT2D eigenvalue weighted by atomic mass is 10.0. The molecule has 2 heterocycles. The molecule has 0 saturated carbocycles. The van der Waals surface area contributed by atoms with Crippen LogP contribution in [0.3, 0.4) is 0 Å². The summed E-state index contributed by atoms with van der Waals surface area (Å²) < 4.78 is 0. The molecule has 0 bridgehead atoms. The maximum absolute atomic E-state index is 12.6. The van der Waals surface area contributed by atoms with Gasteiger partial charge >= 0.3 is 0 Å². The highest BCUT2D eigenvalue weighted by molar-refractivity contribution is 6.31. The maximum Gasteiger partial charge on any atom is 0.259 e. The molecule has 4 rings (SSSR count). The number of rotatable bonds is 2. The van der Waals surface area contributed by atoms with E-state index in [-0.39, 0.29) is 17.0 Å². The fourth-order valence-electron chi connectivity index (χ4n) is 3.61. The van der Waals surface area contributed by atoms with Gasteiger partial charge in [-0.1, -0.05) is 29.8 Å². The Balaban J connectivity index is 1.91. The van der Waals surface area contributed by atoms with Crippen molar-refractivity contribution in [3.8, 4) is 6.07 Å². The smallest absolute Gasteiger partial charge is 0.259 e. The second kappa shape index (κ2) is 7.40. The van der Waals surface area contributed by atoms with Crippen molar-refractivity contribution in [3.05, 3.63) is 79.5 Å². The summed E-state index contributed by atoms with van der Waals surface area (Å²) in [6, 6.07) is 11.8. The first kappa shape index (κ1) is 19.8. The highest BCUT2D eigenvalue weighted by Gasteiger charge is 2.13. The van der Waals surface area contributed by atoms with E-state index < -0.39 is 0 Å².